The fraction of sp³-hybridized carbons (Fsp3) is 0.200. The summed E-state index contributed by atoms with van der Waals surface area (Å²) in [4.78, 5) is 24.1. The molecule has 3 aromatic rings. The molecule has 1 heterocycles. The van der Waals surface area contributed by atoms with E-state index in [0.29, 0.717) is 17.2 Å². The molecule has 0 bridgehead atoms. The SMILES string of the molecule is CC(=O)CC(c1ccccc1)c1c(O)c2ccccc2oc1=O.CS(=O)(=O)O. The number of para-hydroxylation sites is 1. The van der Waals surface area contributed by atoms with E-state index in [1.807, 2.05) is 30.3 Å². The first kappa shape index (κ1) is 21.3. The zero-order valence-electron chi connectivity index (χ0n) is 15.3. The number of carbonyl (C=O) groups excluding carboxylic acids is 1. The quantitative estimate of drug-likeness (QED) is 0.506. The first-order valence-corrected chi connectivity index (χ1v) is 10.1. The van der Waals surface area contributed by atoms with Crippen LogP contribution in [0.1, 0.15) is 30.4 Å². The van der Waals surface area contributed by atoms with Crippen LogP contribution in [0.2, 0.25) is 0 Å². The van der Waals surface area contributed by atoms with E-state index < -0.39 is 21.7 Å². The highest BCUT2D eigenvalue weighted by molar-refractivity contribution is 7.85. The smallest absolute Gasteiger partial charge is 0.343 e. The fourth-order valence-corrected chi connectivity index (χ4v) is 2.81. The van der Waals surface area contributed by atoms with Crippen molar-refractivity contribution in [1.82, 2.24) is 0 Å². The maximum atomic E-state index is 12.4. The Morgan fingerprint density at radius 3 is 2.18 bits per heavy atom. The van der Waals surface area contributed by atoms with Crippen LogP contribution in [0.25, 0.3) is 11.0 Å². The van der Waals surface area contributed by atoms with Gasteiger partial charge in [-0.2, -0.15) is 8.42 Å². The molecular weight excluding hydrogens is 384 g/mol. The van der Waals surface area contributed by atoms with Crippen molar-refractivity contribution >= 4 is 26.9 Å². The largest absolute Gasteiger partial charge is 0.507 e. The van der Waals surface area contributed by atoms with Crippen LogP contribution >= 0.6 is 0 Å². The van der Waals surface area contributed by atoms with E-state index in [-0.39, 0.29) is 23.5 Å². The first-order valence-electron chi connectivity index (χ1n) is 8.29. The van der Waals surface area contributed by atoms with Crippen LogP contribution in [0.4, 0.5) is 0 Å². The molecule has 0 radical (unpaired) electrons. The molecule has 0 aliphatic carbocycles. The highest BCUT2D eigenvalue weighted by atomic mass is 32.2. The minimum Gasteiger partial charge on any atom is -0.507 e. The third kappa shape index (κ3) is 5.77. The predicted octanol–water partition coefficient (Wildman–Crippen LogP) is 3.11. The molecule has 7 nitrogen and oxygen atoms in total. The predicted molar refractivity (Wildman–Crippen MR) is 105 cm³/mol. The number of hydrogen-bond donors (Lipinski definition) is 2. The van der Waals surface area contributed by atoms with Crippen LogP contribution in [-0.2, 0) is 14.9 Å². The number of ketones is 1. The van der Waals surface area contributed by atoms with E-state index >= 15 is 0 Å². The average molecular weight is 404 g/mol. The summed E-state index contributed by atoms with van der Waals surface area (Å²) in [5, 5.41) is 11.1. The molecule has 2 aromatic carbocycles. The van der Waals surface area contributed by atoms with Gasteiger partial charge < -0.3 is 9.52 Å². The summed E-state index contributed by atoms with van der Waals surface area (Å²) >= 11 is 0. The van der Waals surface area contributed by atoms with Crippen molar-refractivity contribution in [2.45, 2.75) is 19.3 Å². The molecule has 148 valence electrons. The molecule has 0 amide bonds. The molecule has 28 heavy (non-hydrogen) atoms. The van der Waals surface area contributed by atoms with Crippen LogP contribution in [0.15, 0.2) is 63.8 Å². The Labute approximate surface area is 162 Å². The number of fused-ring (bicyclic) bond motifs is 1. The second kappa shape index (κ2) is 8.81. The lowest BCUT2D eigenvalue weighted by molar-refractivity contribution is -0.117. The van der Waals surface area contributed by atoms with E-state index in [1.165, 1.54) is 6.92 Å². The van der Waals surface area contributed by atoms with Crippen LogP contribution < -0.4 is 5.63 Å². The summed E-state index contributed by atoms with van der Waals surface area (Å²) in [5.41, 5.74) is 0.635. The van der Waals surface area contributed by atoms with Gasteiger partial charge in [0.2, 0.25) is 0 Å². The van der Waals surface area contributed by atoms with Crippen molar-refractivity contribution in [1.29, 1.82) is 0 Å². The van der Waals surface area contributed by atoms with Crippen molar-refractivity contribution < 1.29 is 27.3 Å². The number of benzene rings is 2. The van der Waals surface area contributed by atoms with E-state index in [9.17, 15) is 23.1 Å². The average Bonchev–Trinajstić information content (AvgIpc) is 2.60. The van der Waals surface area contributed by atoms with Gasteiger partial charge in [0.25, 0.3) is 10.1 Å². The molecule has 0 saturated carbocycles. The molecular formula is C20H20O7S. The minimum atomic E-state index is -3.67. The van der Waals surface area contributed by atoms with Crippen molar-refractivity contribution in [2.24, 2.45) is 0 Å². The number of carbonyl (C=O) groups is 1. The van der Waals surface area contributed by atoms with Crippen LogP contribution in [0.3, 0.4) is 0 Å². The van der Waals surface area contributed by atoms with E-state index in [0.717, 1.165) is 5.56 Å². The topological polar surface area (TPSA) is 122 Å². The Morgan fingerprint density at radius 1 is 1.07 bits per heavy atom. The summed E-state index contributed by atoms with van der Waals surface area (Å²) in [7, 11) is -3.67. The van der Waals surface area contributed by atoms with Gasteiger partial charge >= 0.3 is 5.63 Å². The molecule has 0 aliphatic rings. The summed E-state index contributed by atoms with van der Waals surface area (Å²) in [6, 6.07) is 16.0. The molecule has 8 heteroatoms. The summed E-state index contributed by atoms with van der Waals surface area (Å²) in [6.45, 7) is 1.47. The van der Waals surface area contributed by atoms with Crippen molar-refractivity contribution in [2.75, 3.05) is 6.26 Å². The van der Waals surface area contributed by atoms with Gasteiger partial charge in [-0.1, -0.05) is 42.5 Å². The van der Waals surface area contributed by atoms with Crippen LogP contribution in [0, 0.1) is 0 Å². The maximum Gasteiger partial charge on any atom is 0.343 e. The standard InChI is InChI=1S/C19H16O4.CH4O3S/c1-12(20)11-15(13-7-3-2-4-8-13)17-18(21)14-9-5-6-10-16(14)23-19(17)22;1-5(2,3)4/h2-10,15,21H,11H2,1H3;1H3,(H,2,3,4). The van der Waals surface area contributed by atoms with Gasteiger partial charge in [0, 0.05) is 12.3 Å². The lowest BCUT2D eigenvalue weighted by atomic mass is 9.87. The molecule has 1 unspecified atom stereocenters. The molecule has 1 aromatic heterocycles. The van der Waals surface area contributed by atoms with Crippen molar-refractivity contribution in [3.05, 3.63) is 76.1 Å². The van der Waals surface area contributed by atoms with Gasteiger partial charge in [-0.3, -0.25) is 9.35 Å². The lowest BCUT2D eigenvalue weighted by Gasteiger charge is -2.17. The van der Waals surface area contributed by atoms with E-state index in [2.05, 4.69) is 0 Å². The van der Waals surface area contributed by atoms with Crippen molar-refractivity contribution in [3.63, 3.8) is 0 Å². The Bertz CT molecular complexity index is 1120. The zero-order valence-corrected chi connectivity index (χ0v) is 16.1. The monoisotopic (exact) mass is 404 g/mol. The van der Waals surface area contributed by atoms with Crippen LogP contribution in [0.5, 0.6) is 5.75 Å². The van der Waals surface area contributed by atoms with Gasteiger partial charge in [-0.05, 0) is 24.6 Å². The summed E-state index contributed by atoms with van der Waals surface area (Å²) < 4.78 is 31.2. The number of hydrogen-bond acceptors (Lipinski definition) is 6. The first-order chi connectivity index (χ1) is 13.1. The molecule has 3 rings (SSSR count). The maximum absolute atomic E-state index is 12.4. The Hall–Kier alpha value is -2.97. The third-order valence-electron chi connectivity index (χ3n) is 3.86. The zero-order chi connectivity index (χ0) is 20.9. The molecule has 1 atom stereocenters. The van der Waals surface area contributed by atoms with Crippen LogP contribution in [-0.4, -0.2) is 30.1 Å². The molecule has 0 spiro atoms. The number of aromatic hydroxyl groups is 1. The van der Waals surface area contributed by atoms with Crippen molar-refractivity contribution in [3.8, 4) is 5.75 Å². The van der Waals surface area contributed by atoms with Gasteiger partial charge in [-0.15, -0.1) is 0 Å². The van der Waals surface area contributed by atoms with Gasteiger partial charge in [-0.25, -0.2) is 4.79 Å². The Kier molecular flexibility index (Phi) is 6.71. The number of rotatable bonds is 4. The molecule has 0 saturated heterocycles. The number of Topliss-reactive ketones (excluding diaryl/α,β-unsaturated/α-hetero) is 1. The highest BCUT2D eigenvalue weighted by Gasteiger charge is 2.25. The lowest BCUT2D eigenvalue weighted by Crippen LogP contribution is -2.16. The van der Waals surface area contributed by atoms with E-state index in [1.54, 1.807) is 24.3 Å². The van der Waals surface area contributed by atoms with Gasteiger partial charge in [0.05, 0.1) is 17.2 Å². The molecule has 0 aliphatic heterocycles. The second-order valence-electron chi connectivity index (χ2n) is 6.25. The van der Waals surface area contributed by atoms with Gasteiger partial charge in [0.15, 0.2) is 0 Å². The highest BCUT2D eigenvalue weighted by Crippen LogP contribution is 2.35. The van der Waals surface area contributed by atoms with Gasteiger partial charge in [0.1, 0.15) is 17.1 Å². The second-order valence-corrected chi connectivity index (χ2v) is 7.72. The normalized spacial score (nSPS) is 12.1. The fourth-order valence-electron chi connectivity index (χ4n) is 2.81. The summed E-state index contributed by atoms with van der Waals surface area (Å²) in [6.07, 6.45) is 0.841. The Balaban J connectivity index is 0.000000500. The van der Waals surface area contributed by atoms with E-state index in [4.69, 9.17) is 8.97 Å². The summed E-state index contributed by atoms with van der Waals surface area (Å²) in [5.74, 6) is -0.715. The minimum absolute atomic E-state index is 0.0641. The Morgan fingerprint density at radius 2 is 1.61 bits per heavy atom. The molecule has 2 N–H and O–H groups in total. The third-order valence-corrected chi connectivity index (χ3v) is 3.86. The molecule has 0 fully saturated rings.